The number of pyridine rings is 1. The Bertz CT molecular complexity index is 559. The fourth-order valence-corrected chi connectivity index (χ4v) is 2.65. The summed E-state index contributed by atoms with van der Waals surface area (Å²) in [7, 11) is 2.16. The SMILES string of the molecule is CC1CC(OCc2ccc3ccccc3n2)CN1C. The molecule has 1 aromatic heterocycles. The van der Waals surface area contributed by atoms with E-state index in [4.69, 9.17) is 4.74 Å². The molecule has 1 aromatic carbocycles. The van der Waals surface area contributed by atoms with Gasteiger partial charge < -0.3 is 9.64 Å². The lowest BCUT2D eigenvalue weighted by molar-refractivity contribution is 0.0464. The number of aromatic nitrogens is 1. The molecule has 0 saturated carbocycles. The second kappa shape index (κ2) is 5.27. The normalized spacial score (nSPS) is 24.1. The summed E-state index contributed by atoms with van der Waals surface area (Å²) in [6, 6.07) is 13.0. The van der Waals surface area contributed by atoms with Crippen LogP contribution in [0, 0.1) is 0 Å². The molecule has 2 aromatic rings. The Morgan fingerprint density at radius 1 is 1.26 bits per heavy atom. The molecule has 2 unspecified atom stereocenters. The third kappa shape index (κ3) is 2.77. The van der Waals surface area contributed by atoms with Crippen molar-refractivity contribution in [1.82, 2.24) is 9.88 Å². The second-order valence-corrected chi connectivity index (χ2v) is 5.45. The highest BCUT2D eigenvalue weighted by Crippen LogP contribution is 2.19. The summed E-state index contributed by atoms with van der Waals surface area (Å²) in [4.78, 5) is 6.98. The third-order valence-corrected chi connectivity index (χ3v) is 3.97. The summed E-state index contributed by atoms with van der Waals surface area (Å²) in [6.07, 6.45) is 1.46. The van der Waals surface area contributed by atoms with E-state index in [1.807, 2.05) is 18.2 Å². The lowest BCUT2D eigenvalue weighted by Gasteiger charge is -2.12. The molecule has 0 spiro atoms. The van der Waals surface area contributed by atoms with Crippen molar-refractivity contribution in [3.8, 4) is 0 Å². The first-order valence-electron chi connectivity index (χ1n) is 6.89. The molecule has 3 heteroatoms. The molecule has 0 bridgehead atoms. The Balaban J connectivity index is 1.65. The van der Waals surface area contributed by atoms with Crippen molar-refractivity contribution in [2.24, 2.45) is 0 Å². The Hall–Kier alpha value is -1.45. The van der Waals surface area contributed by atoms with Crippen LogP contribution >= 0.6 is 0 Å². The fraction of sp³-hybridized carbons (Fsp3) is 0.438. The zero-order valence-electron chi connectivity index (χ0n) is 11.5. The molecule has 1 aliphatic rings. The number of rotatable bonds is 3. The topological polar surface area (TPSA) is 25.4 Å². The fourth-order valence-electron chi connectivity index (χ4n) is 2.65. The van der Waals surface area contributed by atoms with E-state index in [0.717, 1.165) is 24.2 Å². The monoisotopic (exact) mass is 256 g/mol. The molecular formula is C16H20N2O. The van der Waals surface area contributed by atoms with Gasteiger partial charge in [0.25, 0.3) is 0 Å². The second-order valence-electron chi connectivity index (χ2n) is 5.45. The Morgan fingerprint density at radius 2 is 2.11 bits per heavy atom. The van der Waals surface area contributed by atoms with E-state index in [-0.39, 0.29) is 0 Å². The van der Waals surface area contributed by atoms with E-state index in [9.17, 15) is 0 Å². The van der Waals surface area contributed by atoms with Crippen molar-refractivity contribution < 1.29 is 4.74 Å². The van der Waals surface area contributed by atoms with Gasteiger partial charge in [0.05, 0.1) is 23.9 Å². The number of hydrogen-bond acceptors (Lipinski definition) is 3. The average molecular weight is 256 g/mol. The first-order chi connectivity index (χ1) is 9.22. The van der Waals surface area contributed by atoms with Crippen LogP contribution in [0.1, 0.15) is 19.0 Å². The van der Waals surface area contributed by atoms with Gasteiger partial charge >= 0.3 is 0 Å². The molecule has 0 amide bonds. The zero-order chi connectivity index (χ0) is 13.2. The lowest BCUT2D eigenvalue weighted by atomic mass is 10.2. The van der Waals surface area contributed by atoms with Gasteiger partial charge in [0.1, 0.15) is 0 Å². The molecule has 2 atom stereocenters. The molecule has 1 fully saturated rings. The van der Waals surface area contributed by atoms with Crippen LogP contribution < -0.4 is 0 Å². The van der Waals surface area contributed by atoms with Crippen molar-refractivity contribution in [1.29, 1.82) is 0 Å². The molecular weight excluding hydrogens is 236 g/mol. The van der Waals surface area contributed by atoms with E-state index in [1.54, 1.807) is 0 Å². The molecule has 2 heterocycles. The maximum atomic E-state index is 5.97. The third-order valence-electron chi connectivity index (χ3n) is 3.97. The highest BCUT2D eigenvalue weighted by Gasteiger charge is 2.26. The van der Waals surface area contributed by atoms with Crippen LogP contribution in [0.2, 0.25) is 0 Å². The molecule has 0 aliphatic carbocycles. The number of benzene rings is 1. The molecule has 1 aliphatic heterocycles. The van der Waals surface area contributed by atoms with Gasteiger partial charge in [-0.15, -0.1) is 0 Å². The minimum atomic E-state index is 0.341. The van der Waals surface area contributed by atoms with E-state index in [0.29, 0.717) is 18.8 Å². The Morgan fingerprint density at radius 3 is 2.89 bits per heavy atom. The van der Waals surface area contributed by atoms with Crippen LogP contribution in [0.15, 0.2) is 36.4 Å². The van der Waals surface area contributed by atoms with Gasteiger partial charge in [-0.1, -0.05) is 24.3 Å². The minimum absolute atomic E-state index is 0.341. The van der Waals surface area contributed by atoms with Crippen molar-refractivity contribution in [2.75, 3.05) is 13.6 Å². The summed E-state index contributed by atoms with van der Waals surface area (Å²) in [5.41, 5.74) is 2.06. The first-order valence-corrected chi connectivity index (χ1v) is 6.89. The van der Waals surface area contributed by atoms with Crippen LogP contribution in [0.4, 0.5) is 0 Å². The number of likely N-dealkylation sites (tertiary alicyclic amines) is 1. The van der Waals surface area contributed by atoms with Gasteiger partial charge in [0, 0.05) is 18.0 Å². The summed E-state index contributed by atoms with van der Waals surface area (Å²) in [6.45, 7) is 3.88. The lowest BCUT2D eigenvalue weighted by Crippen LogP contribution is -2.22. The summed E-state index contributed by atoms with van der Waals surface area (Å²) >= 11 is 0. The van der Waals surface area contributed by atoms with E-state index in [1.165, 1.54) is 5.39 Å². The number of para-hydroxylation sites is 1. The van der Waals surface area contributed by atoms with Gasteiger partial charge in [-0.25, -0.2) is 0 Å². The highest BCUT2D eigenvalue weighted by atomic mass is 16.5. The zero-order valence-corrected chi connectivity index (χ0v) is 11.5. The number of hydrogen-bond donors (Lipinski definition) is 0. The number of nitrogens with zero attached hydrogens (tertiary/aromatic N) is 2. The maximum absolute atomic E-state index is 5.97. The Labute approximate surface area is 114 Å². The van der Waals surface area contributed by atoms with E-state index in [2.05, 4.69) is 42.1 Å². The standard InChI is InChI=1S/C16H20N2O/c1-12-9-15(10-18(12)2)19-11-14-8-7-13-5-3-4-6-16(13)17-14/h3-8,12,15H,9-11H2,1-2H3. The quantitative estimate of drug-likeness (QED) is 0.844. The molecule has 19 heavy (non-hydrogen) atoms. The highest BCUT2D eigenvalue weighted by molar-refractivity contribution is 5.78. The summed E-state index contributed by atoms with van der Waals surface area (Å²) in [5.74, 6) is 0. The van der Waals surface area contributed by atoms with Crippen molar-refractivity contribution in [3.63, 3.8) is 0 Å². The van der Waals surface area contributed by atoms with E-state index >= 15 is 0 Å². The van der Waals surface area contributed by atoms with Gasteiger partial charge in [0.15, 0.2) is 0 Å². The van der Waals surface area contributed by atoms with Crippen molar-refractivity contribution >= 4 is 10.9 Å². The van der Waals surface area contributed by atoms with Gasteiger partial charge in [0.2, 0.25) is 0 Å². The summed E-state index contributed by atoms with van der Waals surface area (Å²) in [5, 5.41) is 1.18. The largest absolute Gasteiger partial charge is 0.371 e. The molecule has 0 radical (unpaired) electrons. The molecule has 3 rings (SSSR count). The van der Waals surface area contributed by atoms with Crippen LogP contribution in [0.3, 0.4) is 0 Å². The average Bonchev–Trinajstić information content (AvgIpc) is 2.75. The number of fused-ring (bicyclic) bond motifs is 1. The van der Waals surface area contributed by atoms with Gasteiger partial charge in [-0.2, -0.15) is 0 Å². The first kappa shape index (κ1) is 12.6. The number of ether oxygens (including phenoxy) is 1. The van der Waals surface area contributed by atoms with Crippen molar-refractivity contribution in [3.05, 3.63) is 42.1 Å². The maximum Gasteiger partial charge on any atom is 0.0892 e. The molecule has 0 N–H and O–H groups in total. The van der Waals surface area contributed by atoms with Crippen LogP contribution in [-0.2, 0) is 11.3 Å². The summed E-state index contributed by atoms with van der Waals surface area (Å²) < 4.78 is 5.97. The smallest absolute Gasteiger partial charge is 0.0892 e. The molecule has 1 saturated heterocycles. The van der Waals surface area contributed by atoms with Crippen LogP contribution in [-0.4, -0.2) is 35.6 Å². The minimum Gasteiger partial charge on any atom is -0.371 e. The van der Waals surface area contributed by atoms with Gasteiger partial charge in [-0.3, -0.25) is 4.98 Å². The number of likely N-dealkylation sites (N-methyl/N-ethyl adjacent to an activating group) is 1. The molecule has 3 nitrogen and oxygen atoms in total. The van der Waals surface area contributed by atoms with Crippen LogP contribution in [0.25, 0.3) is 10.9 Å². The van der Waals surface area contributed by atoms with Gasteiger partial charge in [-0.05, 0) is 32.5 Å². The van der Waals surface area contributed by atoms with Crippen LogP contribution in [0.5, 0.6) is 0 Å². The molecule has 100 valence electrons. The predicted molar refractivity (Wildman–Crippen MR) is 77.0 cm³/mol. The van der Waals surface area contributed by atoms with Crippen molar-refractivity contribution in [2.45, 2.75) is 32.1 Å². The van der Waals surface area contributed by atoms with E-state index < -0.39 is 0 Å². The predicted octanol–water partition coefficient (Wildman–Crippen LogP) is 2.84. The Kier molecular flexibility index (Phi) is 3.49.